The number of likely N-dealkylation sites (tertiary alicyclic amines) is 1. The van der Waals surface area contributed by atoms with Crippen LogP contribution in [-0.2, 0) is 11.2 Å². The van der Waals surface area contributed by atoms with Crippen molar-refractivity contribution >= 4 is 21.8 Å². The Bertz CT molecular complexity index is 482. The predicted molar refractivity (Wildman–Crippen MR) is 85.0 cm³/mol. The molecule has 2 atom stereocenters. The number of amides is 1. The summed E-state index contributed by atoms with van der Waals surface area (Å²) in [5.74, 6) is 0.956. The predicted octanol–water partition coefficient (Wildman–Crippen LogP) is 4.09. The Morgan fingerprint density at radius 1 is 1.25 bits per heavy atom. The third-order valence-electron chi connectivity index (χ3n) is 4.74. The van der Waals surface area contributed by atoms with Gasteiger partial charge in [0.15, 0.2) is 0 Å². The molecule has 1 aliphatic carbocycles. The molecule has 1 saturated heterocycles. The van der Waals surface area contributed by atoms with E-state index in [-0.39, 0.29) is 0 Å². The summed E-state index contributed by atoms with van der Waals surface area (Å²) in [6, 6.07) is 8.69. The van der Waals surface area contributed by atoms with Gasteiger partial charge >= 0.3 is 0 Å². The van der Waals surface area contributed by atoms with Gasteiger partial charge in [0.05, 0.1) is 0 Å². The molecule has 2 aliphatic rings. The van der Waals surface area contributed by atoms with E-state index in [4.69, 9.17) is 0 Å². The average molecular weight is 336 g/mol. The van der Waals surface area contributed by atoms with Crippen molar-refractivity contribution in [3.05, 3.63) is 35.4 Å². The summed E-state index contributed by atoms with van der Waals surface area (Å²) in [7, 11) is 0. The molecular formula is C17H22BrNO. The zero-order valence-electron chi connectivity index (χ0n) is 11.9. The first-order chi connectivity index (χ1) is 9.75. The molecule has 1 aromatic carbocycles. The Kier molecular flexibility index (Phi) is 4.45. The minimum atomic E-state index is 0.362. The van der Waals surface area contributed by atoms with Crippen LogP contribution in [-0.4, -0.2) is 23.9 Å². The van der Waals surface area contributed by atoms with Gasteiger partial charge in [0.25, 0.3) is 0 Å². The quantitative estimate of drug-likeness (QED) is 0.762. The summed E-state index contributed by atoms with van der Waals surface area (Å²) in [6.07, 6.45) is 6.45. The third kappa shape index (κ3) is 2.93. The van der Waals surface area contributed by atoms with Crippen molar-refractivity contribution < 1.29 is 4.79 Å². The second-order valence-electron chi connectivity index (χ2n) is 6.03. The molecule has 3 rings (SSSR count). The van der Waals surface area contributed by atoms with Crippen LogP contribution in [0, 0.1) is 5.92 Å². The number of carbonyl (C=O) groups is 1. The highest BCUT2D eigenvalue weighted by Gasteiger charge is 2.28. The van der Waals surface area contributed by atoms with Gasteiger partial charge in [-0.1, -0.05) is 40.2 Å². The lowest BCUT2D eigenvalue weighted by molar-refractivity contribution is -0.130. The topological polar surface area (TPSA) is 20.3 Å². The van der Waals surface area contributed by atoms with Gasteiger partial charge in [0.2, 0.25) is 5.91 Å². The number of carbonyl (C=O) groups excluding carboxylic acids is 1. The number of halogens is 1. The van der Waals surface area contributed by atoms with Crippen LogP contribution in [0.15, 0.2) is 24.3 Å². The molecule has 0 bridgehead atoms. The summed E-state index contributed by atoms with van der Waals surface area (Å²) in [5, 5.41) is 0. The van der Waals surface area contributed by atoms with Gasteiger partial charge in [-0.05, 0) is 49.1 Å². The summed E-state index contributed by atoms with van der Waals surface area (Å²) < 4.78 is 0. The molecule has 0 spiro atoms. The van der Waals surface area contributed by atoms with E-state index in [0.717, 1.165) is 32.4 Å². The molecule has 3 heteroatoms. The first-order valence-corrected chi connectivity index (χ1v) is 8.67. The second-order valence-corrected chi connectivity index (χ2v) is 7.01. The lowest BCUT2D eigenvalue weighted by atomic mass is 9.81. The van der Waals surface area contributed by atoms with Crippen LogP contribution in [0.25, 0.3) is 0 Å². The molecule has 2 unspecified atom stereocenters. The maximum atomic E-state index is 12.2. The number of fused-ring (bicyclic) bond motifs is 1. The highest BCUT2D eigenvalue weighted by molar-refractivity contribution is 9.09. The molecule has 1 heterocycles. The van der Waals surface area contributed by atoms with Gasteiger partial charge in [-0.3, -0.25) is 4.79 Å². The number of aryl methyl sites for hydroxylation is 1. The Morgan fingerprint density at radius 2 is 2.00 bits per heavy atom. The van der Waals surface area contributed by atoms with Crippen LogP contribution < -0.4 is 0 Å². The SMILES string of the molecule is O=C(CCC1CCc2ccccc2C1Br)N1CCCC1. The maximum absolute atomic E-state index is 12.2. The van der Waals surface area contributed by atoms with E-state index in [0.29, 0.717) is 16.7 Å². The highest BCUT2D eigenvalue weighted by atomic mass is 79.9. The molecule has 0 aromatic heterocycles. The zero-order chi connectivity index (χ0) is 13.9. The fraction of sp³-hybridized carbons (Fsp3) is 0.588. The number of alkyl halides is 1. The van der Waals surface area contributed by atoms with Crippen LogP contribution in [0.1, 0.15) is 48.1 Å². The van der Waals surface area contributed by atoms with Crippen molar-refractivity contribution in [1.82, 2.24) is 4.90 Å². The Balaban J connectivity index is 1.58. The number of rotatable bonds is 3. The van der Waals surface area contributed by atoms with Crippen molar-refractivity contribution in [3.63, 3.8) is 0 Å². The monoisotopic (exact) mass is 335 g/mol. The van der Waals surface area contributed by atoms with Crippen molar-refractivity contribution in [3.8, 4) is 0 Å². The molecule has 0 saturated carbocycles. The van der Waals surface area contributed by atoms with E-state index in [1.165, 1.54) is 30.4 Å². The van der Waals surface area contributed by atoms with E-state index in [1.807, 2.05) is 4.90 Å². The van der Waals surface area contributed by atoms with Crippen LogP contribution in [0.3, 0.4) is 0 Å². The van der Waals surface area contributed by atoms with Gasteiger partial charge in [0, 0.05) is 24.3 Å². The van der Waals surface area contributed by atoms with E-state index in [2.05, 4.69) is 40.2 Å². The molecule has 20 heavy (non-hydrogen) atoms. The van der Waals surface area contributed by atoms with E-state index in [1.54, 1.807) is 0 Å². The lowest BCUT2D eigenvalue weighted by Gasteiger charge is -2.30. The van der Waals surface area contributed by atoms with Crippen molar-refractivity contribution in [1.29, 1.82) is 0 Å². The summed E-state index contributed by atoms with van der Waals surface area (Å²) in [5.41, 5.74) is 2.90. The van der Waals surface area contributed by atoms with Crippen LogP contribution in [0.4, 0.5) is 0 Å². The van der Waals surface area contributed by atoms with Crippen LogP contribution in [0.2, 0.25) is 0 Å². The Labute approximate surface area is 129 Å². The normalized spacial score (nSPS) is 25.6. The fourth-order valence-corrected chi connectivity index (χ4v) is 4.47. The average Bonchev–Trinajstić information content (AvgIpc) is 3.01. The van der Waals surface area contributed by atoms with Gasteiger partial charge in [-0.15, -0.1) is 0 Å². The van der Waals surface area contributed by atoms with Crippen molar-refractivity contribution in [2.75, 3.05) is 13.1 Å². The standard InChI is InChI=1S/C17H22BrNO/c18-17-14(8-7-13-5-1-2-6-15(13)17)9-10-16(20)19-11-3-4-12-19/h1-2,5-6,14,17H,3-4,7-12H2. The molecule has 2 nitrogen and oxygen atoms in total. The fourth-order valence-electron chi connectivity index (χ4n) is 3.50. The smallest absolute Gasteiger partial charge is 0.222 e. The molecular weight excluding hydrogens is 314 g/mol. The summed E-state index contributed by atoms with van der Waals surface area (Å²) in [6.45, 7) is 1.95. The van der Waals surface area contributed by atoms with Crippen LogP contribution >= 0.6 is 15.9 Å². The van der Waals surface area contributed by atoms with E-state index < -0.39 is 0 Å². The Hall–Kier alpha value is -0.830. The number of hydrogen-bond acceptors (Lipinski definition) is 1. The largest absolute Gasteiger partial charge is 0.343 e. The van der Waals surface area contributed by atoms with Crippen LogP contribution in [0.5, 0.6) is 0 Å². The molecule has 1 aliphatic heterocycles. The minimum absolute atomic E-state index is 0.362. The van der Waals surface area contributed by atoms with Crippen molar-refractivity contribution in [2.24, 2.45) is 5.92 Å². The maximum Gasteiger partial charge on any atom is 0.222 e. The molecule has 1 fully saturated rings. The number of nitrogens with zero attached hydrogens (tertiary/aromatic N) is 1. The summed E-state index contributed by atoms with van der Waals surface area (Å²) >= 11 is 3.86. The van der Waals surface area contributed by atoms with Crippen molar-refractivity contribution in [2.45, 2.75) is 43.4 Å². The molecule has 108 valence electrons. The number of hydrogen-bond donors (Lipinski definition) is 0. The van der Waals surface area contributed by atoms with Gasteiger partial charge in [-0.2, -0.15) is 0 Å². The molecule has 0 N–H and O–H groups in total. The Morgan fingerprint density at radius 3 is 2.80 bits per heavy atom. The molecule has 0 radical (unpaired) electrons. The third-order valence-corrected chi connectivity index (χ3v) is 5.98. The van der Waals surface area contributed by atoms with Gasteiger partial charge in [-0.25, -0.2) is 0 Å². The first kappa shape index (κ1) is 14.1. The number of benzene rings is 1. The molecule has 1 amide bonds. The van der Waals surface area contributed by atoms with E-state index in [9.17, 15) is 4.79 Å². The highest BCUT2D eigenvalue weighted by Crippen LogP contribution is 2.42. The minimum Gasteiger partial charge on any atom is -0.343 e. The first-order valence-electron chi connectivity index (χ1n) is 7.75. The second kappa shape index (κ2) is 6.30. The summed E-state index contributed by atoms with van der Waals surface area (Å²) in [4.78, 5) is 14.6. The van der Waals surface area contributed by atoms with Gasteiger partial charge < -0.3 is 4.90 Å². The molecule has 1 aromatic rings. The van der Waals surface area contributed by atoms with E-state index >= 15 is 0 Å². The lowest BCUT2D eigenvalue weighted by Crippen LogP contribution is -2.28. The zero-order valence-corrected chi connectivity index (χ0v) is 13.4. The van der Waals surface area contributed by atoms with Gasteiger partial charge in [0.1, 0.15) is 0 Å².